The van der Waals surface area contributed by atoms with Crippen LogP contribution in [0.4, 0.5) is 0 Å². The second kappa shape index (κ2) is 13.3. The van der Waals surface area contributed by atoms with Gasteiger partial charge in [-0.25, -0.2) is 0 Å². The Morgan fingerprint density at radius 1 is 0.771 bits per heavy atom. The van der Waals surface area contributed by atoms with Crippen LogP contribution in [0.25, 0.3) is 11.3 Å². The predicted molar refractivity (Wildman–Crippen MR) is 141 cm³/mol. The Balaban J connectivity index is 1.83. The number of rotatable bonds is 13. The van der Waals surface area contributed by atoms with Gasteiger partial charge in [0.05, 0.1) is 29.8 Å². The first kappa shape index (κ1) is 26.0. The van der Waals surface area contributed by atoms with Gasteiger partial charge in [0.15, 0.2) is 0 Å². The maximum Gasteiger partial charge on any atom is 0.284 e. The van der Waals surface area contributed by atoms with E-state index in [2.05, 4.69) is 19.0 Å². The van der Waals surface area contributed by atoms with Crippen molar-refractivity contribution in [2.45, 2.75) is 25.7 Å². The van der Waals surface area contributed by atoms with E-state index in [0.29, 0.717) is 23.5 Å². The van der Waals surface area contributed by atoms with E-state index < -0.39 is 0 Å². The molecule has 3 aromatic carbocycles. The van der Waals surface area contributed by atoms with Crippen molar-refractivity contribution >= 4 is 11.3 Å². The molecule has 0 heterocycles. The zero-order valence-electron chi connectivity index (χ0n) is 20.8. The number of hydrogen-bond acceptors (Lipinski definition) is 5. The van der Waals surface area contributed by atoms with Crippen molar-refractivity contribution in [3.05, 3.63) is 106 Å². The van der Waals surface area contributed by atoms with Crippen LogP contribution in [0.1, 0.15) is 42.4 Å². The van der Waals surface area contributed by atoms with Gasteiger partial charge < -0.3 is 14.4 Å². The van der Waals surface area contributed by atoms with Gasteiger partial charge in [-0.2, -0.15) is 0 Å². The molecule has 0 fully saturated rings. The monoisotopic (exact) mass is 474 g/mol. The Morgan fingerprint density at radius 2 is 1.34 bits per heavy atom. The van der Waals surface area contributed by atoms with E-state index in [1.54, 1.807) is 19.2 Å². The molecule has 0 radical (unpaired) electrons. The topological polar surface area (TPSA) is 64.8 Å². The Bertz CT molecular complexity index is 1090. The van der Waals surface area contributed by atoms with E-state index in [9.17, 15) is 10.1 Å². The lowest BCUT2D eigenvalue weighted by molar-refractivity contribution is -0.374. The molecule has 0 aliphatic rings. The Kier molecular flexibility index (Phi) is 9.87. The zero-order valence-corrected chi connectivity index (χ0v) is 20.8. The minimum Gasteiger partial charge on any atom is -0.497 e. The van der Waals surface area contributed by atoms with Crippen LogP contribution in [0, 0.1) is 10.1 Å². The molecular formula is C29H34N2O4. The van der Waals surface area contributed by atoms with Crippen LogP contribution in [0.2, 0.25) is 0 Å². The molecule has 0 unspecified atom stereocenters. The van der Waals surface area contributed by atoms with Crippen molar-refractivity contribution in [2.24, 2.45) is 0 Å². The Morgan fingerprint density at radius 3 is 1.89 bits per heavy atom. The van der Waals surface area contributed by atoms with Crippen molar-refractivity contribution in [1.82, 2.24) is 4.90 Å². The molecule has 0 atom stereocenters. The first-order valence-electron chi connectivity index (χ1n) is 12.0. The zero-order chi connectivity index (χ0) is 25.0. The molecule has 6 nitrogen and oxygen atoms in total. The molecule has 3 aromatic rings. The maximum atomic E-state index is 12.3. The van der Waals surface area contributed by atoms with E-state index in [1.165, 1.54) is 12.8 Å². The van der Waals surface area contributed by atoms with Gasteiger partial charge in [0, 0.05) is 0 Å². The average Bonchev–Trinajstić information content (AvgIpc) is 2.87. The quantitative estimate of drug-likeness (QED) is 0.124. The van der Waals surface area contributed by atoms with Crippen molar-refractivity contribution in [1.29, 1.82) is 0 Å². The molecule has 0 aromatic heterocycles. The standard InChI is InChI=1S/C29H34N2O4/c1-30(2)21-9-4-5-10-22-35-27-19-15-24(16-20-27)28(23-13-17-26(34-3)18-14-23)29(31(32)33)25-11-7-6-8-12-25/h6-8,11-20H,4-5,9-10,21-22H2,1-3H3/b29-28+. The summed E-state index contributed by atoms with van der Waals surface area (Å²) in [6.45, 7) is 1.77. The largest absolute Gasteiger partial charge is 0.497 e. The first-order chi connectivity index (χ1) is 17.0. The maximum absolute atomic E-state index is 12.3. The molecular weight excluding hydrogens is 440 g/mol. The molecule has 0 aliphatic carbocycles. The van der Waals surface area contributed by atoms with E-state index in [0.717, 1.165) is 36.3 Å². The molecule has 0 saturated heterocycles. The fraction of sp³-hybridized carbons (Fsp3) is 0.310. The summed E-state index contributed by atoms with van der Waals surface area (Å²) in [5, 5.41) is 12.3. The number of hydrogen-bond donors (Lipinski definition) is 0. The van der Waals surface area contributed by atoms with Crippen molar-refractivity contribution < 1.29 is 14.4 Å². The fourth-order valence-electron chi connectivity index (χ4n) is 3.93. The molecule has 0 spiro atoms. The van der Waals surface area contributed by atoms with Gasteiger partial charge in [-0.15, -0.1) is 0 Å². The van der Waals surface area contributed by atoms with E-state index in [1.807, 2.05) is 66.7 Å². The summed E-state index contributed by atoms with van der Waals surface area (Å²) in [4.78, 5) is 14.2. The van der Waals surface area contributed by atoms with Crippen LogP contribution in [-0.4, -0.2) is 44.2 Å². The SMILES string of the molecule is COc1ccc(/C(=C(/c2ccccc2)[N+](=O)[O-])c2ccc(OCCCCCCN(C)C)cc2)cc1. The highest BCUT2D eigenvalue weighted by Gasteiger charge is 2.24. The molecule has 35 heavy (non-hydrogen) atoms. The molecule has 0 saturated carbocycles. The predicted octanol–water partition coefficient (Wildman–Crippen LogP) is 6.39. The van der Waals surface area contributed by atoms with Gasteiger partial charge in [-0.05, 0) is 81.0 Å². The third-order valence-corrected chi connectivity index (χ3v) is 5.76. The smallest absolute Gasteiger partial charge is 0.284 e. The number of ether oxygens (including phenoxy) is 2. The Hall–Kier alpha value is -3.64. The van der Waals surface area contributed by atoms with Crippen molar-refractivity contribution in [3.8, 4) is 11.5 Å². The molecule has 184 valence electrons. The lowest BCUT2D eigenvalue weighted by Crippen LogP contribution is -2.12. The van der Waals surface area contributed by atoms with Gasteiger partial charge in [-0.1, -0.05) is 55.3 Å². The normalized spacial score (nSPS) is 11.8. The summed E-state index contributed by atoms with van der Waals surface area (Å²) in [6, 6.07) is 23.9. The van der Waals surface area contributed by atoms with Gasteiger partial charge in [0.2, 0.25) is 0 Å². The minimum absolute atomic E-state index is 0.0576. The summed E-state index contributed by atoms with van der Waals surface area (Å²) in [5.41, 5.74) is 2.66. The van der Waals surface area contributed by atoms with Crippen LogP contribution in [0.3, 0.4) is 0 Å². The number of nitrogens with zero attached hydrogens (tertiary/aromatic N) is 2. The summed E-state index contributed by atoms with van der Waals surface area (Å²) < 4.78 is 11.2. The first-order valence-corrected chi connectivity index (χ1v) is 12.0. The molecule has 0 bridgehead atoms. The summed E-state index contributed by atoms with van der Waals surface area (Å²) in [7, 11) is 5.79. The third-order valence-electron chi connectivity index (χ3n) is 5.76. The Labute approximate surface area is 208 Å². The summed E-state index contributed by atoms with van der Waals surface area (Å²) in [6.07, 6.45) is 4.53. The van der Waals surface area contributed by atoms with Crippen LogP contribution < -0.4 is 9.47 Å². The molecule has 0 aliphatic heterocycles. The lowest BCUT2D eigenvalue weighted by Gasteiger charge is -2.13. The second-order valence-electron chi connectivity index (χ2n) is 8.67. The van der Waals surface area contributed by atoms with E-state index >= 15 is 0 Å². The highest BCUT2D eigenvalue weighted by molar-refractivity contribution is 5.95. The highest BCUT2D eigenvalue weighted by atomic mass is 16.6. The van der Waals surface area contributed by atoms with Crippen LogP contribution in [0.5, 0.6) is 11.5 Å². The van der Waals surface area contributed by atoms with Gasteiger partial charge in [0.1, 0.15) is 11.5 Å². The van der Waals surface area contributed by atoms with Crippen LogP contribution in [0.15, 0.2) is 78.9 Å². The van der Waals surface area contributed by atoms with Gasteiger partial charge in [-0.3, -0.25) is 10.1 Å². The molecule has 0 N–H and O–H groups in total. The van der Waals surface area contributed by atoms with Gasteiger partial charge >= 0.3 is 0 Å². The van der Waals surface area contributed by atoms with Crippen molar-refractivity contribution in [2.75, 3.05) is 34.4 Å². The van der Waals surface area contributed by atoms with Crippen LogP contribution >= 0.6 is 0 Å². The average molecular weight is 475 g/mol. The van der Waals surface area contributed by atoms with E-state index in [-0.39, 0.29) is 10.6 Å². The summed E-state index contributed by atoms with van der Waals surface area (Å²) >= 11 is 0. The fourth-order valence-corrected chi connectivity index (χ4v) is 3.93. The molecule has 3 rings (SSSR count). The van der Waals surface area contributed by atoms with Crippen molar-refractivity contribution in [3.63, 3.8) is 0 Å². The van der Waals surface area contributed by atoms with E-state index in [4.69, 9.17) is 9.47 Å². The number of unbranched alkanes of at least 4 members (excludes halogenated alkanes) is 3. The lowest BCUT2D eigenvalue weighted by atomic mass is 9.93. The molecule has 0 amide bonds. The number of benzene rings is 3. The summed E-state index contributed by atoms with van der Waals surface area (Å²) in [5.74, 6) is 1.46. The second-order valence-corrected chi connectivity index (χ2v) is 8.67. The number of nitro groups is 1. The minimum atomic E-state index is -0.310. The third kappa shape index (κ3) is 7.69. The van der Waals surface area contributed by atoms with Crippen LogP contribution in [-0.2, 0) is 0 Å². The highest BCUT2D eigenvalue weighted by Crippen LogP contribution is 2.34. The van der Waals surface area contributed by atoms with Gasteiger partial charge in [0.25, 0.3) is 5.70 Å². The number of methoxy groups -OCH3 is 1. The molecule has 6 heteroatoms.